The van der Waals surface area contributed by atoms with E-state index in [1.165, 1.54) is 4.31 Å². The topological polar surface area (TPSA) is 79.4 Å². The number of sulfonamides is 1. The highest BCUT2D eigenvalue weighted by molar-refractivity contribution is 7.94. The number of benzene rings is 3. The number of nitrogens with zero attached hydrogens (tertiary/aromatic N) is 2. The van der Waals surface area contributed by atoms with Crippen LogP contribution >= 0.6 is 11.6 Å². The van der Waals surface area contributed by atoms with Gasteiger partial charge in [-0.15, -0.1) is 0 Å². The fourth-order valence-corrected chi connectivity index (χ4v) is 4.94. The lowest BCUT2D eigenvalue weighted by Gasteiger charge is -2.32. The standard InChI is InChI=1S/C24H18ClN3O3S/c25-21-11-8-18(15-20(21)23-12-7-16-3-1-2-4-22(16)27-23)26-24(29)17-5-9-19(10-6-17)28-13-14-32(28,30)31/h1-12,15H,13-14H2,(H,26,29). The first kappa shape index (κ1) is 20.5. The summed E-state index contributed by atoms with van der Waals surface area (Å²) in [6, 6.07) is 23.4. The van der Waals surface area contributed by atoms with Crippen molar-refractivity contribution < 1.29 is 13.2 Å². The number of pyridine rings is 1. The molecule has 1 aliphatic heterocycles. The number of carbonyl (C=O) groups is 1. The van der Waals surface area contributed by atoms with Gasteiger partial charge in [0.05, 0.1) is 27.7 Å². The van der Waals surface area contributed by atoms with Crippen molar-refractivity contribution in [3.63, 3.8) is 0 Å². The van der Waals surface area contributed by atoms with Gasteiger partial charge in [-0.05, 0) is 54.6 Å². The second-order valence-electron chi connectivity index (χ2n) is 7.47. The molecular formula is C24H18ClN3O3S. The molecular weight excluding hydrogens is 446 g/mol. The summed E-state index contributed by atoms with van der Waals surface area (Å²) < 4.78 is 24.8. The average molecular weight is 464 g/mol. The molecule has 0 bridgehead atoms. The van der Waals surface area contributed by atoms with Crippen molar-refractivity contribution in [1.82, 2.24) is 4.98 Å². The van der Waals surface area contributed by atoms with Crippen LogP contribution in [0.25, 0.3) is 22.2 Å². The zero-order chi connectivity index (χ0) is 22.3. The van der Waals surface area contributed by atoms with Gasteiger partial charge in [0.15, 0.2) is 0 Å². The number of fused-ring (bicyclic) bond motifs is 1. The molecule has 1 saturated heterocycles. The molecule has 32 heavy (non-hydrogen) atoms. The van der Waals surface area contributed by atoms with Crippen LogP contribution in [0, 0.1) is 0 Å². The minimum atomic E-state index is -3.19. The van der Waals surface area contributed by atoms with Crippen LogP contribution in [-0.2, 0) is 10.0 Å². The van der Waals surface area contributed by atoms with Crippen LogP contribution < -0.4 is 9.62 Å². The minimum Gasteiger partial charge on any atom is -0.322 e. The van der Waals surface area contributed by atoms with Crippen LogP contribution in [0.15, 0.2) is 78.9 Å². The molecule has 1 aliphatic rings. The van der Waals surface area contributed by atoms with Gasteiger partial charge in [0.2, 0.25) is 10.0 Å². The monoisotopic (exact) mass is 463 g/mol. The van der Waals surface area contributed by atoms with Crippen LogP contribution in [0.2, 0.25) is 5.02 Å². The number of anilines is 2. The van der Waals surface area contributed by atoms with E-state index in [9.17, 15) is 13.2 Å². The molecule has 160 valence electrons. The fraction of sp³-hybridized carbons (Fsp3) is 0.0833. The summed E-state index contributed by atoms with van der Waals surface area (Å²) in [5, 5.41) is 4.44. The Bertz CT molecular complexity index is 1450. The normalized spacial score (nSPS) is 14.7. The molecule has 0 unspecified atom stereocenters. The number of rotatable bonds is 4. The Kier molecular flexibility index (Phi) is 5.07. The molecule has 0 atom stereocenters. The van der Waals surface area contributed by atoms with Gasteiger partial charge < -0.3 is 5.32 Å². The molecule has 1 amide bonds. The number of hydrogen-bond donors (Lipinski definition) is 1. The molecule has 1 N–H and O–H groups in total. The Morgan fingerprint density at radius 3 is 2.47 bits per heavy atom. The summed E-state index contributed by atoms with van der Waals surface area (Å²) in [5.74, 6) is -0.150. The first-order valence-electron chi connectivity index (χ1n) is 9.98. The van der Waals surface area contributed by atoms with Crippen LogP contribution in [0.3, 0.4) is 0 Å². The Balaban J connectivity index is 1.38. The first-order chi connectivity index (χ1) is 15.4. The third kappa shape index (κ3) is 3.81. The highest BCUT2D eigenvalue weighted by Crippen LogP contribution is 2.31. The molecule has 0 saturated carbocycles. The minimum absolute atomic E-state index is 0.153. The van der Waals surface area contributed by atoms with E-state index in [0.29, 0.717) is 39.8 Å². The molecule has 1 fully saturated rings. The van der Waals surface area contributed by atoms with Gasteiger partial charge in [0, 0.05) is 28.7 Å². The Morgan fingerprint density at radius 2 is 1.75 bits per heavy atom. The molecule has 0 radical (unpaired) electrons. The second kappa shape index (κ2) is 7.93. The van der Waals surface area contributed by atoms with Gasteiger partial charge in [0.1, 0.15) is 0 Å². The molecule has 4 aromatic rings. The van der Waals surface area contributed by atoms with Gasteiger partial charge in [-0.1, -0.05) is 35.9 Å². The van der Waals surface area contributed by atoms with Crippen molar-refractivity contribution in [3.8, 4) is 11.3 Å². The van der Waals surface area contributed by atoms with Crippen molar-refractivity contribution in [1.29, 1.82) is 0 Å². The number of amides is 1. The zero-order valence-electron chi connectivity index (χ0n) is 16.8. The number of halogens is 1. The summed E-state index contributed by atoms with van der Waals surface area (Å²) in [6.45, 7) is 0.463. The predicted octanol–water partition coefficient (Wildman–Crippen LogP) is 4.96. The van der Waals surface area contributed by atoms with Crippen LogP contribution in [0.5, 0.6) is 0 Å². The molecule has 0 aliphatic carbocycles. The number of carbonyl (C=O) groups excluding carboxylic acids is 1. The highest BCUT2D eigenvalue weighted by Gasteiger charge is 2.32. The maximum atomic E-state index is 12.7. The average Bonchev–Trinajstić information content (AvgIpc) is 2.80. The van der Waals surface area contributed by atoms with Crippen molar-refractivity contribution in [2.75, 3.05) is 21.9 Å². The van der Waals surface area contributed by atoms with E-state index in [0.717, 1.165) is 10.9 Å². The molecule has 2 heterocycles. The SMILES string of the molecule is O=C(Nc1ccc(Cl)c(-c2ccc3ccccc3n2)c1)c1ccc(N2CCS2(=O)=O)cc1. The van der Waals surface area contributed by atoms with Crippen molar-refractivity contribution in [2.24, 2.45) is 0 Å². The van der Waals surface area contributed by atoms with E-state index in [-0.39, 0.29) is 11.7 Å². The number of hydrogen-bond acceptors (Lipinski definition) is 4. The maximum absolute atomic E-state index is 12.7. The molecule has 3 aromatic carbocycles. The maximum Gasteiger partial charge on any atom is 0.255 e. The van der Waals surface area contributed by atoms with Gasteiger partial charge in [-0.2, -0.15) is 0 Å². The summed E-state index contributed by atoms with van der Waals surface area (Å²) >= 11 is 6.42. The highest BCUT2D eigenvalue weighted by atomic mass is 35.5. The zero-order valence-corrected chi connectivity index (χ0v) is 18.4. The first-order valence-corrected chi connectivity index (χ1v) is 12.0. The summed E-state index contributed by atoms with van der Waals surface area (Å²) in [7, 11) is -3.19. The Hall–Kier alpha value is -3.42. The van der Waals surface area contributed by atoms with E-state index in [4.69, 9.17) is 11.6 Å². The summed E-state index contributed by atoms with van der Waals surface area (Å²) in [4.78, 5) is 17.4. The van der Waals surface area contributed by atoms with E-state index in [2.05, 4.69) is 10.3 Å². The van der Waals surface area contributed by atoms with E-state index < -0.39 is 10.0 Å². The van der Waals surface area contributed by atoms with E-state index >= 15 is 0 Å². The van der Waals surface area contributed by atoms with E-state index in [1.807, 2.05) is 36.4 Å². The quantitative estimate of drug-likeness (QED) is 0.464. The molecule has 1 aromatic heterocycles. The van der Waals surface area contributed by atoms with E-state index in [1.54, 1.807) is 42.5 Å². The smallest absolute Gasteiger partial charge is 0.255 e. The second-order valence-corrected chi connectivity index (χ2v) is 9.89. The molecule has 6 nitrogen and oxygen atoms in total. The van der Waals surface area contributed by atoms with Crippen LogP contribution in [-0.4, -0.2) is 31.6 Å². The Morgan fingerprint density at radius 1 is 0.969 bits per heavy atom. The third-order valence-corrected chi connectivity index (χ3v) is 7.50. The van der Waals surface area contributed by atoms with Crippen LogP contribution in [0.1, 0.15) is 10.4 Å². The largest absolute Gasteiger partial charge is 0.322 e. The fourth-order valence-electron chi connectivity index (χ4n) is 3.62. The lowest BCUT2D eigenvalue weighted by Crippen LogP contribution is -2.47. The van der Waals surface area contributed by atoms with Crippen molar-refractivity contribution in [3.05, 3.63) is 89.4 Å². The lowest BCUT2D eigenvalue weighted by molar-refractivity contribution is 0.102. The number of aromatic nitrogens is 1. The summed E-state index contributed by atoms with van der Waals surface area (Å²) in [6.07, 6.45) is 0. The van der Waals surface area contributed by atoms with Gasteiger partial charge in [0.25, 0.3) is 5.91 Å². The van der Waals surface area contributed by atoms with Crippen molar-refractivity contribution >= 4 is 49.8 Å². The van der Waals surface area contributed by atoms with Crippen LogP contribution in [0.4, 0.5) is 11.4 Å². The Labute approximate surface area is 190 Å². The predicted molar refractivity (Wildman–Crippen MR) is 128 cm³/mol. The lowest BCUT2D eigenvalue weighted by atomic mass is 10.1. The number of nitrogens with one attached hydrogen (secondary N) is 1. The number of para-hydroxylation sites is 1. The molecule has 5 rings (SSSR count). The van der Waals surface area contributed by atoms with Gasteiger partial charge in [-0.3, -0.25) is 9.10 Å². The van der Waals surface area contributed by atoms with Crippen molar-refractivity contribution in [2.45, 2.75) is 0 Å². The molecule has 0 spiro atoms. The van der Waals surface area contributed by atoms with Gasteiger partial charge >= 0.3 is 0 Å². The summed E-state index contributed by atoms with van der Waals surface area (Å²) in [5.41, 5.74) is 3.85. The third-order valence-electron chi connectivity index (χ3n) is 5.40. The van der Waals surface area contributed by atoms with Gasteiger partial charge in [-0.25, -0.2) is 13.4 Å². The molecule has 8 heteroatoms.